The number of piperazine rings is 1. The minimum absolute atomic E-state index is 0.00772. The highest BCUT2D eigenvalue weighted by Crippen LogP contribution is 2.38. The molecule has 11 rings (SSSR count). The van der Waals surface area contributed by atoms with Gasteiger partial charge in [-0.05, 0) is 148 Å². The lowest BCUT2D eigenvalue weighted by molar-refractivity contribution is -0.133. The molecule has 16 heteroatoms. The first-order valence-corrected chi connectivity index (χ1v) is 25.5. The van der Waals surface area contributed by atoms with E-state index in [1.54, 1.807) is 12.1 Å². The normalized spacial score (nSPS) is 21.9. The molecule has 5 aliphatic heterocycles. The molecule has 0 aliphatic carbocycles. The molecule has 70 heavy (non-hydrogen) atoms. The number of hydrogen-bond donors (Lipinski definition) is 2. The van der Waals surface area contributed by atoms with Gasteiger partial charge in [0.05, 0.1) is 17.4 Å². The quantitative estimate of drug-likeness (QED) is 0.0976. The fourth-order valence-corrected chi connectivity index (χ4v) is 11.7. The molecule has 9 heterocycles. The van der Waals surface area contributed by atoms with Gasteiger partial charge in [-0.2, -0.15) is 9.49 Å². The Labute approximate surface area is 408 Å². The summed E-state index contributed by atoms with van der Waals surface area (Å²) in [6.07, 6.45) is 11.8. The molecule has 0 radical (unpaired) electrons. The maximum Gasteiger partial charge on any atom is 0.253 e. The molecule has 0 bridgehead atoms. The number of piperidine rings is 3. The largest absolute Gasteiger partial charge is 0.370 e. The lowest BCUT2D eigenvalue weighted by atomic mass is 9.88. The molecule has 0 spiro atoms. The number of nitrogens with one attached hydrogen (secondary N) is 2. The Morgan fingerprint density at radius 1 is 0.886 bits per heavy atom. The van der Waals surface area contributed by atoms with Crippen molar-refractivity contribution in [2.75, 3.05) is 75.7 Å². The number of pyridine rings is 2. The number of nitrogens with zero attached hydrogens (tertiary/aromatic N) is 9. The van der Waals surface area contributed by atoms with Crippen LogP contribution < -0.4 is 15.5 Å². The molecule has 3 amide bonds. The van der Waals surface area contributed by atoms with Crippen molar-refractivity contribution < 1.29 is 23.5 Å². The summed E-state index contributed by atoms with van der Waals surface area (Å²) < 4.78 is 25.4. The summed E-state index contributed by atoms with van der Waals surface area (Å²) in [5, 5.41) is 12.2. The lowest BCUT2D eigenvalue weighted by Crippen LogP contribution is -2.49. The number of halogens is 1. The van der Waals surface area contributed by atoms with E-state index in [1.807, 2.05) is 34.1 Å². The number of hydrogen-bond acceptors (Lipinski definition) is 11. The highest BCUT2D eigenvalue weighted by Gasteiger charge is 2.31. The molecule has 2 unspecified atom stereocenters. The second kappa shape index (κ2) is 19.9. The maximum absolute atomic E-state index is 15.0. The number of ether oxygens (including phenoxy) is 1. The number of likely N-dealkylation sites (tertiary alicyclic amines) is 2. The van der Waals surface area contributed by atoms with Crippen LogP contribution in [0.5, 0.6) is 0 Å². The number of rotatable bonds is 11. The highest BCUT2D eigenvalue weighted by molar-refractivity contribution is 6.01. The summed E-state index contributed by atoms with van der Waals surface area (Å²) in [5.41, 5.74) is 7.94. The Morgan fingerprint density at radius 2 is 1.69 bits per heavy atom. The summed E-state index contributed by atoms with van der Waals surface area (Å²) in [5.74, 6) is 0.267. The molecule has 3 atom stereocenters. The summed E-state index contributed by atoms with van der Waals surface area (Å²) in [7, 11) is 2.14. The molecule has 0 saturated carbocycles. The van der Waals surface area contributed by atoms with Crippen molar-refractivity contribution in [3.8, 4) is 11.1 Å². The van der Waals surface area contributed by atoms with Crippen molar-refractivity contribution in [1.29, 1.82) is 0 Å². The number of benzene rings is 2. The molecule has 2 N–H and O–H groups in total. The number of amides is 3. The Balaban J connectivity index is 0.637. The molecule has 5 saturated heterocycles. The number of anilines is 2. The van der Waals surface area contributed by atoms with Gasteiger partial charge < -0.3 is 24.4 Å². The highest BCUT2D eigenvalue weighted by atomic mass is 19.1. The first kappa shape index (κ1) is 46.2. The maximum atomic E-state index is 15.0. The third kappa shape index (κ3) is 9.40. The van der Waals surface area contributed by atoms with Crippen molar-refractivity contribution in [3.05, 3.63) is 102 Å². The smallest absolute Gasteiger partial charge is 0.253 e. The molecular formula is C54H64FN11O4. The first-order valence-electron chi connectivity index (χ1n) is 25.5. The Kier molecular flexibility index (Phi) is 13.1. The standard InChI is InChI=1S/C54H64FN11O4/c1-35(47-32-43-42(16-21-56-52(43)61(47)2)40-10-13-46-41(31-40)33-57-66(46)50-5-3-4-30-70-50)63-24-19-38(20-25-63)37-6-8-39(9-7-37)54(69)65-22-17-36(18-23-65)34-62-26-28-64(29-27-62)48-14-11-44(51(55)59-48)58-45-12-15-49(67)60-53(45)68/h6-11,13-14,16,21,31-33,35-36,38,45,50,58H,3-5,12,15,17-20,22-30,34H2,1-2H3,(H,60,67,68)/t35-,45?,50?/m0/s1. The van der Waals surface area contributed by atoms with Crippen LogP contribution in [0.3, 0.4) is 0 Å². The van der Waals surface area contributed by atoms with E-state index >= 15 is 4.39 Å². The van der Waals surface area contributed by atoms with E-state index < -0.39 is 17.9 Å². The van der Waals surface area contributed by atoms with Crippen LogP contribution in [0.1, 0.15) is 105 Å². The van der Waals surface area contributed by atoms with Gasteiger partial charge in [0.1, 0.15) is 17.5 Å². The van der Waals surface area contributed by atoms with Crippen LogP contribution in [0.4, 0.5) is 15.9 Å². The molecular weight excluding hydrogens is 886 g/mol. The zero-order valence-corrected chi connectivity index (χ0v) is 40.4. The fraction of sp³-hybridized carbons (Fsp3) is 0.481. The van der Waals surface area contributed by atoms with Crippen molar-refractivity contribution in [2.45, 2.75) is 88.9 Å². The fourth-order valence-electron chi connectivity index (χ4n) is 11.7. The third-order valence-corrected chi connectivity index (χ3v) is 16.0. The van der Waals surface area contributed by atoms with Crippen LogP contribution >= 0.6 is 0 Å². The van der Waals surface area contributed by atoms with E-state index in [4.69, 9.17) is 14.8 Å². The zero-order valence-electron chi connectivity index (χ0n) is 40.4. The summed E-state index contributed by atoms with van der Waals surface area (Å²) in [6.45, 7) is 10.8. The molecule has 5 aliphatic rings. The van der Waals surface area contributed by atoms with Gasteiger partial charge in [-0.1, -0.05) is 18.2 Å². The van der Waals surface area contributed by atoms with Gasteiger partial charge in [0.25, 0.3) is 5.91 Å². The van der Waals surface area contributed by atoms with Crippen molar-refractivity contribution in [2.24, 2.45) is 13.0 Å². The first-order chi connectivity index (χ1) is 34.1. The third-order valence-electron chi connectivity index (χ3n) is 16.0. The van der Waals surface area contributed by atoms with Gasteiger partial charge in [-0.3, -0.25) is 29.5 Å². The molecule has 2 aromatic carbocycles. The Bertz CT molecular complexity index is 2870. The average molecular weight is 950 g/mol. The summed E-state index contributed by atoms with van der Waals surface area (Å²) in [6, 6.07) is 22.5. The van der Waals surface area contributed by atoms with Crippen molar-refractivity contribution >= 4 is 51.2 Å². The molecule has 5 fully saturated rings. The van der Waals surface area contributed by atoms with E-state index in [0.717, 1.165) is 137 Å². The van der Waals surface area contributed by atoms with Crippen molar-refractivity contribution in [1.82, 2.24) is 44.3 Å². The number of aromatic nitrogens is 5. The van der Waals surface area contributed by atoms with Crippen LogP contribution in [0.25, 0.3) is 33.1 Å². The van der Waals surface area contributed by atoms with Crippen LogP contribution in [-0.2, 0) is 21.4 Å². The molecule has 4 aromatic heterocycles. The van der Waals surface area contributed by atoms with Crippen LogP contribution in [-0.4, -0.2) is 128 Å². The Morgan fingerprint density at radius 3 is 2.43 bits per heavy atom. The average Bonchev–Trinajstić information content (AvgIpc) is 3.98. The minimum atomic E-state index is -0.665. The number of aryl methyl sites for hydroxylation is 1. The number of carbonyl (C=O) groups excluding carboxylic acids is 3. The molecule has 6 aromatic rings. The van der Waals surface area contributed by atoms with Gasteiger partial charge in [0.2, 0.25) is 17.8 Å². The molecule has 15 nitrogen and oxygen atoms in total. The zero-order chi connectivity index (χ0) is 47.9. The number of carbonyl (C=O) groups is 3. The van der Waals surface area contributed by atoms with E-state index in [2.05, 4.69) is 91.3 Å². The topological polar surface area (TPSA) is 146 Å². The number of fused-ring (bicyclic) bond motifs is 2. The van der Waals surface area contributed by atoms with Crippen LogP contribution in [0.15, 0.2) is 79.1 Å². The molecule has 366 valence electrons. The van der Waals surface area contributed by atoms with Gasteiger partial charge in [-0.15, -0.1) is 0 Å². The van der Waals surface area contributed by atoms with E-state index in [-0.39, 0.29) is 36.2 Å². The summed E-state index contributed by atoms with van der Waals surface area (Å²) in [4.78, 5) is 55.6. The van der Waals surface area contributed by atoms with Crippen molar-refractivity contribution in [3.63, 3.8) is 0 Å². The van der Waals surface area contributed by atoms with Gasteiger partial charge in [0, 0.05) is 100 Å². The van der Waals surface area contributed by atoms with E-state index in [1.165, 1.54) is 23.2 Å². The second-order valence-electron chi connectivity index (χ2n) is 20.2. The number of imide groups is 1. The summed E-state index contributed by atoms with van der Waals surface area (Å²) >= 11 is 0. The SMILES string of the molecule is C[C@@H](c1cc2c(-c3ccc4c(cnn4C4CCCCO4)c3)ccnc2n1C)N1CCC(c2ccc(C(=O)N3CCC(CN4CCN(c5ccc(NC6CCC(=O)NC6=O)c(F)n5)CC4)CC3)cc2)CC1. The van der Waals surface area contributed by atoms with E-state index in [9.17, 15) is 14.4 Å². The van der Waals surface area contributed by atoms with Crippen LogP contribution in [0, 0.1) is 11.9 Å². The predicted octanol–water partition coefficient (Wildman–Crippen LogP) is 7.66. The minimum Gasteiger partial charge on any atom is -0.370 e. The van der Waals surface area contributed by atoms with Gasteiger partial charge >= 0.3 is 0 Å². The van der Waals surface area contributed by atoms with Gasteiger partial charge in [-0.25, -0.2) is 14.6 Å². The Hall–Kier alpha value is -6.23. The lowest BCUT2D eigenvalue weighted by Gasteiger charge is -2.39. The van der Waals surface area contributed by atoms with E-state index in [0.29, 0.717) is 24.1 Å². The van der Waals surface area contributed by atoms with Crippen LogP contribution in [0.2, 0.25) is 0 Å². The monoisotopic (exact) mass is 950 g/mol. The predicted molar refractivity (Wildman–Crippen MR) is 268 cm³/mol. The second-order valence-corrected chi connectivity index (χ2v) is 20.2. The van der Waals surface area contributed by atoms with Gasteiger partial charge in [0.15, 0.2) is 6.23 Å².